The zero-order valence-corrected chi connectivity index (χ0v) is 26.7. The molecule has 3 fully saturated rings. The zero-order chi connectivity index (χ0) is 33.5. The van der Waals surface area contributed by atoms with Crippen molar-refractivity contribution in [3.8, 4) is 29.5 Å². The number of halogens is 5. The van der Waals surface area contributed by atoms with Gasteiger partial charge in [-0.1, -0.05) is 30.2 Å². The summed E-state index contributed by atoms with van der Waals surface area (Å²) in [6, 6.07) is 5.81. The molecule has 0 saturated carbocycles. The SMILES string of the molecule is C#Cc1c(F)ccc2cc(N)cc(-c3c(Cl)c4c5c(nc(OCC67CCCN6CC(=C(F)F)C7)nc5c3F)N3CCNC[C@H]3CC4=C)c12. The van der Waals surface area contributed by atoms with Crippen LogP contribution in [0.25, 0.3) is 38.4 Å². The largest absolute Gasteiger partial charge is 0.461 e. The lowest BCUT2D eigenvalue weighted by molar-refractivity contribution is 0.108. The zero-order valence-electron chi connectivity index (χ0n) is 25.9. The molecular formula is C36H31ClF4N6O. The molecule has 1 unspecified atom stereocenters. The molecule has 5 heterocycles. The maximum absolute atomic E-state index is 17.3. The Morgan fingerprint density at radius 1 is 1.19 bits per heavy atom. The Labute approximate surface area is 279 Å². The van der Waals surface area contributed by atoms with Gasteiger partial charge in [0.05, 0.1) is 21.5 Å². The molecule has 2 atom stereocenters. The highest BCUT2D eigenvalue weighted by Crippen LogP contribution is 2.50. The van der Waals surface area contributed by atoms with Gasteiger partial charge in [-0.3, -0.25) is 4.90 Å². The van der Waals surface area contributed by atoms with Crippen molar-refractivity contribution in [2.45, 2.75) is 37.3 Å². The third kappa shape index (κ3) is 4.65. The van der Waals surface area contributed by atoms with Gasteiger partial charge in [-0.15, -0.1) is 6.42 Å². The van der Waals surface area contributed by atoms with E-state index in [0.29, 0.717) is 72.4 Å². The highest BCUT2D eigenvalue weighted by Gasteiger charge is 2.48. The Morgan fingerprint density at radius 2 is 2.02 bits per heavy atom. The van der Waals surface area contributed by atoms with Crippen LogP contribution >= 0.6 is 11.6 Å². The predicted molar refractivity (Wildman–Crippen MR) is 180 cm³/mol. The number of hydrogen-bond donors (Lipinski definition) is 2. The predicted octanol–water partition coefficient (Wildman–Crippen LogP) is 6.91. The minimum atomic E-state index is -1.66. The van der Waals surface area contributed by atoms with Crippen LogP contribution in [-0.4, -0.2) is 65.8 Å². The van der Waals surface area contributed by atoms with Crippen LogP contribution in [0.1, 0.15) is 36.8 Å². The van der Waals surface area contributed by atoms with Gasteiger partial charge in [0, 0.05) is 60.0 Å². The number of nitrogens with one attached hydrogen (secondary N) is 1. The van der Waals surface area contributed by atoms with Gasteiger partial charge in [0.2, 0.25) is 0 Å². The van der Waals surface area contributed by atoms with Crippen molar-refractivity contribution in [1.29, 1.82) is 0 Å². The van der Waals surface area contributed by atoms with E-state index in [1.807, 2.05) is 4.90 Å². The van der Waals surface area contributed by atoms with E-state index in [9.17, 15) is 8.78 Å². The summed E-state index contributed by atoms with van der Waals surface area (Å²) in [7, 11) is 0. The van der Waals surface area contributed by atoms with Gasteiger partial charge in [-0.05, 0) is 66.9 Å². The summed E-state index contributed by atoms with van der Waals surface area (Å²) in [4.78, 5) is 13.6. The van der Waals surface area contributed by atoms with Crippen LogP contribution in [0, 0.1) is 24.0 Å². The summed E-state index contributed by atoms with van der Waals surface area (Å²) >= 11 is 7.19. The number of rotatable bonds is 4. The lowest BCUT2D eigenvalue weighted by Crippen LogP contribution is -2.51. The fourth-order valence-corrected chi connectivity index (χ4v) is 8.60. The second kappa shape index (κ2) is 11.4. The summed E-state index contributed by atoms with van der Waals surface area (Å²) in [6.07, 6.45) is 6.34. The van der Waals surface area contributed by atoms with E-state index >= 15 is 8.78 Å². The van der Waals surface area contributed by atoms with Crippen LogP contribution in [0.4, 0.5) is 29.1 Å². The topological polar surface area (TPSA) is 79.5 Å². The fourth-order valence-electron chi connectivity index (χ4n) is 8.18. The average molecular weight is 675 g/mol. The number of ether oxygens (including phenoxy) is 1. The van der Waals surface area contributed by atoms with Gasteiger partial charge < -0.3 is 20.7 Å². The first-order chi connectivity index (χ1) is 23.1. The molecule has 1 aromatic heterocycles. The van der Waals surface area contributed by atoms with E-state index < -0.39 is 23.3 Å². The van der Waals surface area contributed by atoms with Crippen LogP contribution in [-0.2, 0) is 0 Å². The number of terminal acetylenes is 1. The standard InChI is InChI=1S/C36H31ClF4N6O/c1-3-23-25(38)6-5-19-12-21(42)13-24(27(19)23)28-30(37)26-18(2)11-22-15-43-8-10-47(22)34-29(26)32(31(28)39)44-35(45-34)48-17-36-7-4-9-46(36)16-20(14-36)33(40)41/h1,5-6,12-13,22,43H,2,4,7-11,14-17,42H2/t22-,36?/m1/s1. The first kappa shape index (κ1) is 30.9. The van der Waals surface area contributed by atoms with Gasteiger partial charge in [-0.25, -0.2) is 8.78 Å². The summed E-state index contributed by atoms with van der Waals surface area (Å²) in [5.41, 5.74) is 7.31. The molecule has 246 valence electrons. The van der Waals surface area contributed by atoms with E-state index in [0.717, 1.165) is 6.42 Å². The average Bonchev–Trinajstić information content (AvgIpc) is 3.58. The Kier molecular flexibility index (Phi) is 7.32. The molecule has 0 radical (unpaired) electrons. The van der Waals surface area contributed by atoms with E-state index in [2.05, 4.69) is 27.7 Å². The van der Waals surface area contributed by atoms with Crippen molar-refractivity contribution in [2.75, 3.05) is 50.0 Å². The molecule has 0 aliphatic carbocycles. The number of benzene rings is 3. The van der Waals surface area contributed by atoms with Gasteiger partial charge in [0.25, 0.3) is 6.08 Å². The van der Waals surface area contributed by atoms with Crippen molar-refractivity contribution < 1.29 is 22.3 Å². The molecule has 8 rings (SSSR count). The van der Waals surface area contributed by atoms with Gasteiger partial charge in [0.15, 0.2) is 5.82 Å². The number of nitrogen functional groups attached to an aromatic ring is 1. The van der Waals surface area contributed by atoms with E-state index in [-0.39, 0.29) is 69.8 Å². The molecule has 4 aliphatic heterocycles. The number of aromatic nitrogens is 2. The number of hydrogen-bond acceptors (Lipinski definition) is 7. The third-order valence-electron chi connectivity index (χ3n) is 10.3. The molecule has 12 heteroatoms. The maximum Gasteiger partial charge on any atom is 0.319 e. The minimum absolute atomic E-state index is 0.0436. The fraction of sp³-hybridized carbons (Fsp3) is 0.333. The molecule has 0 amide bonds. The Balaban J connectivity index is 1.37. The van der Waals surface area contributed by atoms with Crippen LogP contribution in [0.2, 0.25) is 5.02 Å². The molecule has 4 aliphatic rings. The first-order valence-electron chi connectivity index (χ1n) is 15.9. The molecule has 4 aromatic rings. The first-order valence-corrected chi connectivity index (χ1v) is 16.3. The van der Waals surface area contributed by atoms with Crippen LogP contribution in [0.3, 0.4) is 0 Å². The van der Waals surface area contributed by atoms with Crippen molar-refractivity contribution in [1.82, 2.24) is 20.2 Å². The molecule has 7 nitrogen and oxygen atoms in total. The molecule has 0 spiro atoms. The third-order valence-corrected chi connectivity index (χ3v) is 10.7. The molecule has 48 heavy (non-hydrogen) atoms. The van der Waals surface area contributed by atoms with Crippen LogP contribution < -0.4 is 20.7 Å². The summed E-state index contributed by atoms with van der Waals surface area (Å²) in [5, 5.41) is 4.67. The Bertz CT molecular complexity index is 2140. The van der Waals surface area contributed by atoms with E-state index in [4.69, 9.17) is 33.5 Å². The second-order valence-electron chi connectivity index (χ2n) is 13.1. The smallest absolute Gasteiger partial charge is 0.319 e. The highest BCUT2D eigenvalue weighted by molar-refractivity contribution is 6.37. The van der Waals surface area contributed by atoms with Crippen molar-refractivity contribution >= 4 is 50.4 Å². The second-order valence-corrected chi connectivity index (χ2v) is 13.5. The molecule has 3 N–H and O–H groups in total. The number of nitrogens with two attached hydrogens (primary N) is 1. The number of piperazine rings is 1. The Morgan fingerprint density at radius 3 is 2.81 bits per heavy atom. The van der Waals surface area contributed by atoms with Crippen molar-refractivity contribution in [3.05, 3.63) is 70.3 Å². The van der Waals surface area contributed by atoms with Gasteiger partial charge in [-0.2, -0.15) is 18.7 Å². The molecule has 0 bridgehead atoms. The van der Waals surface area contributed by atoms with Crippen molar-refractivity contribution in [2.24, 2.45) is 0 Å². The minimum Gasteiger partial charge on any atom is -0.461 e. The van der Waals surface area contributed by atoms with Gasteiger partial charge >= 0.3 is 6.01 Å². The van der Waals surface area contributed by atoms with Crippen LogP contribution in [0.15, 0.2) is 42.5 Å². The van der Waals surface area contributed by atoms with Gasteiger partial charge in [0.1, 0.15) is 23.8 Å². The number of anilines is 2. The lowest BCUT2D eigenvalue weighted by Gasteiger charge is -2.36. The summed E-state index contributed by atoms with van der Waals surface area (Å²) in [6.45, 7) is 7.19. The van der Waals surface area contributed by atoms with Crippen molar-refractivity contribution in [3.63, 3.8) is 0 Å². The van der Waals surface area contributed by atoms with E-state index in [1.165, 1.54) is 18.2 Å². The molecule has 3 saturated heterocycles. The maximum atomic E-state index is 17.3. The normalized spacial score (nSPS) is 22.2. The quantitative estimate of drug-likeness (QED) is 0.138. The summed E-state index contributed by atoms with van der Waals surface area (Å²) in [5.74, 6) is 1.45. The highest BCUT2D eigenvalue weighted by atomic mass is 35.5. The summed E-state index contributed by atoms with van der Waals surface area (Å²) < 4.78 is 66.0. The molecule has 3 aromatic carbocycles. The molecular weight excluding hydrogens is 644 g/mol. The number of nitrogens with zero attached hydrogens (tertiary/aromatic N) is 4. The Hall–Kier alpha value is -4.37. The lowest BCUT2D eigenvalue weighted by atomic mass is 9.89. The number of fused-ring (bicyclic) bond motifs is 4. The van der Waals surface area contributed by atoms with E-state index in [1.54, 1.807) is 6.07 Å². The van der Waals surface area contributed by atoms with Crippen LogP contribution in [0.5, 0.6) is 6.01 Å². The monoisotopic (exact) mass is 674 g/mol.